The molecule has 0 bridgehead atoms. The van der Waals surface area contributed by atoms with Gasteiger partial charge in [0.25, 0.3) is 0 Å². The molecular formula is C13H30N2. The zero-order valence-corrected chi connectivity index (χ0v) is 11.6. The van der Waals surface area contributed by atoms with Crippen molar-refractivity contribution in [3.63, 3.8) is 0 Å². The lowest BCUT2D eigenvalue weighted by atomic mass is 10.1. The summed E-state index contributed by atoms with van der Waals surface area (Å²) in [5, 5.41) is 3.53. The van der Waals surface area contributed by atoms with Gasteiger partial charge in [-0.25, -0.2) is 0 Å². The second-order valence-electron chi connectivity index (χ2n) is 5.82. The standard InChI is InChI=1S/C13H30N2/c1-7-15(11-12(2)3)10-8-9-14-13(4,5)6/h12,14H,7-11H2,1-6H3. The van der Waals surface area contributed by atoms with Crippen LogP contribution in [-0.4, -0.2) is 36.6 Å². The molecule has 0 heterocycles. The van der Waals surface area contributed by atoms with E-state index in [-0.39, 0.29) is 5.54 Å². The van der Waals surface area contributed by atoms with Gasteiger partial charge in [0.15, 0.2) is 0 Å². The highest BCUT2D eigenvalue weighted by Crippen LogP contribution is 2.01. The van der Waals surface area contributed by atoms with Crippen LogP contribution >= 0.6 is 0 Å². The van der Waals surface area contributed by atoms with Crippen molar-refractivity contribution in [2.24, 2.45) is 5.92 Å². The predicted molar refractivity (Wildman–Crippen MR) is 69.3 cm³/mol. The molecule has 0 saturated carbocycles. The normalized spacial score (nSPS) is 12.8. The molecule has 0 fully saturated rings. The van der Waals surface area contributed by atoms with Gasteiger partial charge in [0.05, 0.1) is 0 Å². The quantitative estimate of drug-likeness (QED) is 0.656. The maximum atomic E-state index is 3.53. The molecule has 0 aliphatic heterocycles. The molecule has 2 nitrogen and oxygen atoms in total. The first-order valence-electron chi connectivity index (χ1n) is 6.32. The van der Waals surface area contributed by atoms with Crippen LogP contribution in [0.1, 0.15) is 48.0 Å². The van der Waals surface area contributed by atoms with Gasteiger partial charge >= 0.3 is 0 Å². The summed E-state index contributed by atoms with van der Waals surface area (Å²) in [6.45, 7) is 18.2. The van der Waals surface area contributed by atoms with Crippen molar-refractivity contribution in [3.8, 4) is 0 Å². The van der Waals surface area contributed by atoms with Gasteiger partial charge in [0.2, 0.25) is 0 Å². The molecule has 0 aliphatic carbocycles. The maximum Gasteiger partial charge on any atom is 0.00965 e. The first-order chi connectivity index (χ1) is 6.85. The first kappa shape index (κ1) is 14.9. The highest BCUT2D eigenvalue weighted by molar-refractivity contribution is 4.70. The van der Waals surface area contributed by atoms with Crippen molar-refractivity contribution in [2.45, 2.75) is 53.5 Å². The van der Waals surface area contributed by atoms with Gasteiger partial charge in [-0.2, -0.15) is 0 Å². The molecule has 0 aromatic carbocycles. The summed E-state index contributed by atoms with van der Waals surface area (Å²) in [4.78, 5) is 2.54. The second kappa shape index (κ2) is 7.24. The molecular weight excluding hydrogens is 184 g/mol. The molecule has 0 atom stereocenters. The van der Waals surface area contributed by atoms with Crippen LogP contribution < -0.4 is 5.32 Å². The summed E-state index contributed by atoms with van der Waals surface area (Å²) < 4.78 is 0. The largest absolute Gasteiger partial charge is 0.312 e. The average molecular weight is 214 g/mol. The highest BCUT2D eigenvalue weighted by atomic mass is 15.1. The van der Waals surface area contributed by atoms with E-state index in [9.17, 15) is 0 Å². The summed E-state index contributed by atoms with van der Waals surface area (Å²) in [5.74, 6) is 0.778. The average Bonchev–Trinajstić information content (AvgIpc) is 2.08. The summed E-state index contributed by atoms with van der Waals surface area (Å²) in [6.07, 6.45) is 1.25. The first-order valence-corrected chi connectivity index (χ1v) is 6.32. The number of nitrogens with one attached hydrogen (secondary N) is 1. The lowest BCUT2D eigenvalue weighted by Crippen LogP contribution is -2.38. The van der Waals surface area contributed by atoms with Crippen molar-refractivity contribution in [1.29, 1.82) is 0 Å². The molecule has 0 saturated heterocycles. The van der Waals surface area contributed by atoms with E-state index < -0.39 is 0 Å². The summed E-state index contributed by atoms with van der Waals surface area (Å²) in [6, 6.07) is 0. The monoisotopic (exact) mass is 214 g/mol. The molecule has 0 aromatic heterocycles. The Morgan fingerprint density at radius 1 is 1.20 bits per heavy atom. The SMILES string of the molecule is CCN(CCCNC(C)(C)C)CC(C)C. The zero-order valence-electron chi connectivity index (χ0n) is 11.6. The van der Waals surface area contributed by atoms with Crippen LogP contribution in [0.4, 0.5) is 0 Å². The molecule has 0 unspecified atom stereocenters. The molecule has 0 spiro atoms. The fourth-order valence-corrected chi connectivity index (χ4v) is 1.66. The fraction of sp³-hybridized carbons (Fsp3) is 1.00. The van der Waals surface area contributed by atoms with Gasteiger partial charge in [-0.15, -0.1) is 0 Å². The molecule has 92 valence electrons. The van der Waals surface area contributed by atoms with Crippen molar-refractivity contribution >= 4 is 0 Å². The lowest BCUT2D eigenvalue weighted by molar-refractivity contribution is 0.249. The summed E-state index contributed by atoms with van der Waals surface area (Å²) in [7, 11) is 0. The van der Waals surface area contributed by atoms with Crippen LogP contribution in [0, 0.1) is 5.92 Å². The van der Waals surface area contributed by atoms with E-state index in [1.54, 1.807) is 0 Å². The van der Waals surface area contributed by atoms with Gasteiger partial charge in [0, 0.05) is 12.1 Å². The van der Waals surface area contributed by atoms with E-state index in [0.717, 1.165) is 12.5 Å². The number of nitrogens with zero attached hydrogens (tertiary/aromatic N) is 1. The molecule has 0 aromatic rings. The Morgan fingerprint density at radius 2 is 1.80 bits per heavy atom. The zero-order chi connectivity index (χ0) is 11.9. The fourth-order valence-electron chi connectivity index (χ4n) is 1.66. The van der Waals surface area contributed by atoms with Crippen LogP contribution in [0.3, 0.4) is 0 Å². The van der Waals surface area contributed by atoms with Gasteiger partial charge in [-0.05, 0) is 52.7 Å². The third kappa shape index (κ3) is 10.2. The Kier molecular flexibility index (Phi) is 7.20. The van der Waals surface area contributed by atoms with E-state index in [0.29, 0.717) is 0 Å². The van der Waals surface area contributed by atoms with Crippen molar-refractivity contribution < 1.29 is 0 Å². The third-order valence-electron chi connectivity index (χ3n) is 2.38. The van der Waals surface area contributed by atoms with Gasteiger partial charge < -0.3 is 10.2 Å². The highest BCUT2D eigenvalue weighted by Gasteiger charge is 2.08. The Balaban J connectivity index is 3.55. The van der Waals surface area contributed by atoms with E-state index in [1.807, 2.05) is 0 Å². The van der Waals surface area contributed by atoms with Crippen LogP contribution in [0.15, 0.2) is 0 Å². The Labute approximate surface area is 96.4 Å². The molecule has 2 heteroatoms. The van der Waals surface area contributed by atoms with Crippen molar-refractivity contribution in [1.82, 2.24) is 10.2 Å². The van der Waals surface area contributed by atoms with E-state index in [2.05, 4.69) is 51.8 Å². The molecule has 1 N–H and O–H groups in total. The van der Waals surface area contributed by atoms with E-state index in [4.69, 9.17) is 0 Å². The van der Waals surface area contributed by atoms with Crippen LogP contribution in [0.25, 0.3) is 0 Å². The smallest absolute Gasteiger partial charge is 0.00965 e. The van der Waals surface area contributed by atoms with E-state index in [1.165, 1.54) is 26.1 Å². The Bertz CT molecular complexity index is 147. The van der Waals surface area contributed by atoms with Crippen LogP contribution in [-0.2, 0) is 0 Å². The molecule has 0 rings (SSSR count). The minimum atomic E-state index is 0.259. The van der Waals surface area contributed by atoms with Gasteiger partial charge in [0.1, 0.15) is 0 Å². The maximum absolute atomic E-state index is 3.53. The molecule has 15 heavy (non-hydrogen) atoms. The van der Waals surface area contributed by atoms with Crippen molar-refractivity contribution in [2.75, 3.05) is 26.2 Å². The second-order valence-corrected chi connectivity index (χ2v) is 5.82. The number of rotatable bonds is 7. The minimum absolute atomic E-state index is 0.259. The van der Waals surface area contributed by atoms with Crippen molar-refractivity contribution in [3.05, 3.63) is 0 Å². The minimum Gasteiger partial charge on any atom is -0.312 e. The van der Waals surface area contributed by atoms with Crippen LogP contribution in [0.2, 0.25) is 0 Å². The summed E-state index contributed by atoms with van der Waals surface area (Å²) in [5.41, 5.74) is 0.259. The Morgan fingerprint density at radius 3 is 2.20 bits per heavy atom. The molecule has 0 aliphatic rings. The van der Waals surface area contributed by atoms with Gasteiger partial charge in [-0.1, -0.05) is 20.8 Å². The number of hydrogen-bond acceptors (Lipinski definition) is 2. The summed E-state index contributed by atoms with van der Waals surface area (Å²) >= 11 is 0. The van der Waals surface area contributed by atoms with E-state index >= 15 is 0 Å². The number of hydrogen-bond donors (Lipinski definition) is 1. The third-order valence-corrected chi connectivity index (χ3v) is 2.38. The lowest BCUT2D eigenvalue weighted by Gasteiger charge is -2.24. The van der Waals surface area contributed by atoms with Gasteiger partial charge in [-0.3, -0.25) is 0 Å². The van der Waals surface area contributed by atoms with Crippen LogP contribution in [0.5, 0.6) is 0 Å². The predicted octanol–water partition coefficient (Wildman–Crippen LogP) is 2.74. The molecule has 0 radical (unpaired) electrons. The Hall–Kier alpha value is -0.0800. The topological polar surface area (TPSA) is 15.3 Å². The molecule has 0 amide bonds.